The van der Waals surface area contributed by atoms with E-state index in [0.29, 0.717) is 0 Å². The number of primary amides is 1. The van der Waals surface area contributed by atoms with E-state index in [2.05, 4.69) is 18.3 Å². The zero-order chi connectivity index (χ0) is 15.6. The maximum Gasteiger partial charge on any atom is 0.244 e. The van der Waals surface area contributed by atoms with E-state index in [9.17, 15) is 4.79 Å². The first-order valence-corrected chi connectivity index (χ1v) is 7.08. The number of aryl methyl sites for hydroxylation is 4. The van der Waals surface area contributed by atoms with Crippen LogP contribution in [-0.2, 0) is 4.79 Å². The molecule has 3 N–H and O–H groups in total. The summed E-state index contributed by atoms with van der Waals surface area (Å²) in [6.07, 6.45) is 0. The summed E-state index contributed by atoms with van der Waals surface area (Å²) >= 11 is 0. The van der Waals surface area contributed by atoms with E-state index in [4.69, 9.17) is 5.73 Å². The Balaban J connectivity index is 2.38. The fraction of sp³-hybridized carbons (Fsp3) is 0.278. The minimum absolute atomic E-state index is 0.373. The van der Waals surface area contributed by atoms with Crippen LogP contribution in [0.5, 0.6) is 0 Å². The molecular weight excluding hydrogens is 260 g/mol. The van der Waals surface area contributed by atoms with Crippen LogP contribution in [0, 0.1) is 27.7 Å². The minimum Gasteiger partial charge on any atom is -0.370 e. The molecule has 21 heavy (non-hydrogen) atoms. The Morgan fingerprint density at radius 3 is 2.10 bits per heavy atom. The summed E-state index contributed by atoms with van der Waals surface area (Å²) in [5.74, 6) is -0.373. The molecule has 3 nitrogen and oxygen atoms in total. The SMILES string of the molecule is Cc1ccc(NC(C(N)=O)c2cc(C)c(C)cc2C)cc1. The molecule has 1 atom stereocenters. The van der Waals surface area contributed by atoms with E-state index in [-0.39, 0.29) is 5.91 Å². The summed E-state index contributed by atoms with van der Waals surface area (Å²) in [6.45, 7) is 8.15. The van der Waals surface area contributed by atoms with Crippen molar-refractivity contribution in [3.8, 4) is 0 Å². The Hall–Kier alpha value is -2.29. The molecule has 1 unspecified atom stereocenters. The molecule has 3 heteroatoms. The fourth-order valence-electron chi connectivity index (χ4n) is 2.41. The van der Waals surface area contributed by atoms with Crippen molar-refractivity contribution in [1.29, 1.82) is 0 Å². The summed E-state index contributed by atoms with van der Waals surface area (Å²) < 4.78 is 0. The van der Waals surface area contributed by atoms with Gasteiger partial charge in [-0.3, -0.25) is 4.79 Å². The van der Waals surface area contributed by atoms with Gasteiger partial charge in [0.2, 0.25) is 5.91 Å². The van der Waals surface area contributed by atoms with Crippen LogP contribution in [0.1, 0.15) is 33.9 Å². The molecular formula is C18H22N2O. The average Bonchev–Trinajstić information content (AvgIpc) is 2.42. The van der Waals surface area contributed by atoms with Gasteiger partial charge in [0.1, 0.15) is 6.04 Å². The molecule has 1 amide bonds. The summed E-state index contributed by atoms with van der Waals surface area (Å²) in [7, 11) is 0. The average molecular weight is 282 g/mol. The first kappa shape index (κ1) is 15.1. The lowest BCUT2D eigenvalue weighted by Crippen LogP contribution is -2.28. The van der Waals surface area contributed by atoms with Crippen LogP contribution in [-0.4, -0.2) is 5.91 Å². The molecule has 0 saturated carbocycles. The highest BCUT2D eigenvalue weighted by atomic mass is 16.1. The van der Waals surface area contributed by atoms with E-state index in [0.717, 1.165) is 22.4 Å². The van der Waals surface area contributed by atoms with E-state index < -0.39 is 6.04 Å². The van der Waals surface area contributed by atoms with Crippen LogP contribution in [0.4, 0.5) is 5.69 Å². The lowest BCUT2D eigenvalue weighted by Gasteiger charge is -2.20. The zero-order valence-electron chi connectivity index (χ0n) is 13.0. The Bertz CT molecular complexity index is 660. The van der Waals surface area contributed by atoms with Crippen molar-refractivity contribution in [1.82, 2.24) is 0 Å². The number of nitrogens with one attached hydrogen (secondary N) is 1. The van der Waals surface area contributed by atoms with Gasteiger partial charge in [-0.05, 0) is 62.1 Å². The predicted molar refractivity (Wildman–Crippen MR) is 87.4 cm³/mol. The highest BCUT2D eigenvalue weighted by molar-refractivity contribution is 5.85. The summed E-state index contributed by atoms with van der Waals surface area (Å²) in [4.78, 5) is 11.9. The number of hydrogen-bond donors (Lipinski definition) is 2. The smallest absolute Gasteiger partial charge is 0.244 e. The number of nitrogens with two attached hydrogens (primary N) is 1. The first-order chi connectivity index (χ1) is 9.88. The van der Waals surface area contributed by atoms with Gasteiger partial charge < -0.3 is 11.1 Å². The maximum absolute atomic E-state index is 11.9. The fourth-order valence-corrected chi connectivity index (χ4v) is 2.41. The molecule has 0 bridgehead atoms. The Morgan fingerprint density at radius 1 is 0.952 bits per heavy atom. The molecule has 0 saturated heterocycles. The van der Waals surface area contributed by atoms with Gasteiger partial charge in [0.25, 0.3) is 0 Å². The number of carbonyl (C=O) groups excluding carboxylic acids is 1. The van der Waals surface area contributed by atoms with Gasteiger partial charge in [-0.1, -0.05) is 29.8 Å². The van der Waals surface area contributed by atoms with Crippen LogP contribution >= 0.6 is 0 Å². The maximum atomic E-state index is 11.9. The zero-order valence-corrected chi connectivity index (χ0v) is 13.0. The van der Waals surface area contributed by atoms with Crippen molar-refractivity contribution in [3.05, 3.63) is 64.2 Å². The van der Waals surface area contributed by atoms with Crippen molar-refractivity contribution in [2.24, 2.45) is 5.73 Å². The lowest BCUT2D eigenvalue weighted by molar-refractivity contribution is -0.118. The van der Waals surface area contributed by atoms with Gasteiger partial charge in [-0.15, -0.1) is 0 Å². The Labute approximate surface area is 126 Å². The molecule has 0 aromatic heterocycles. The third-order valence-electron chi connectivity index (χ3n) is 3.84. The molecule has 0 radical (unpaired) electrons. The van der Waals surface area contributed by atoms with E-state index in [1.54, 1.807) is 0 Å². The monoisotopic (exact) mass is 282 g/mol. The number of anilines is 1. The van der Waals surface area contributed by atoms with E-state index >= 15 is 0 Å². The lowest BCUT2D eigenvalue weighted by atomic mass is 9.95. The van der Waals surface area contributed by atoms with Gasteiger partial charge in [0, 0.05) is 5.69 Å². The molecule has 2 aromatic rings. The van der Waals surface area contributed by atoms with Crippen LogP contribution in [0.25, 0.3) is 0 Å². The molecule has 0 aliphatic heterocycles. The molecule has 0 heterocycles. The highest BCUT2D eigenvalue weighted by Gasteiger charge is 2.20. The molecule has 0 aliphatic carbocycles. The van der Waals surface area contributed by atoms with Crippen molar-refractivity contribution in [2.75, 3.05) is 5.32 Å². The summed E-state index contributed by atoms with van der Waals surface area (Å²) in [5, 5.41) is 3.23. The quantitative estimate of drug-likeness (QED) is 0.901. The van der Waals surface area contributed by atoms with Crippen LogP contribution in [0.15, 0.2) is 36.4 Å². The van der Waals surface area contributed by atoms with Crippen molar-refractivity contribution in [3.63, 3.8) is 0 Å². The topological polar surface area (TPSA) is 55.1 Å². The predicted octanol–water partition coefficient (Wildman–Crippen LogP) is 3.56. The van der Waals surface area contributed by atoms with Crippen LogP contribution < -0.4 is 11.1 Å². The van der Waals surface area contributed by atoms with Gasteiger partial charge in [0.05, 0.1) is 0 Å². The number of benzene rings is 2. The Kier molecular flexibility index (Phi) is 4.32. The van der Waals surface area contributed by atoms with Gasteiger partial charge in [-0.25, -0.2) is 0 Å². The highest BCUT2D eigenvalue weighted by Crippen LogP contribution is 2.25. The van der Waals surface area contributed by atoms with E-state index in [1.807, 2.05) is 51.1 Å². The van der Waals surface area contributed by atoms with Crippen molar-refractivity contribution < 1.29 is 4.79 Å². The molecule has 110 valence electrons. The second kappa shape index (κ2) is 6.00. The normalized spacial score (nSPS) is 12.0. The van der Waals surface area contributed by atoms with Gasteiger partial charge in [0.15, 0.2) is 0 Å². The van der Waals surface area contributed by atoms with Gasteiger partial charge in [-0.2, -0.15) is 0 Å². The third kappa shape index (κ3) is 3.43. The molecule has 0 fully saturated rings. The molecule has 0 spiro atoms. The number of rotatable bonds is 4. The van der Waals surface area contributed by atoms with Crippen molar-refractivity contribution in [2.45, 2.75) is 33.7 Å². The van der Waals surface area contributed by atoms with Crippen LogP contribution in [0.3, 0.4) is 0 Å². The second-order valence-electron chi connectivity index (χ2n) is 5.64. The first-order valence-electron chi connectivity index (χ1n) is 7.08. The minimum atomic E-state index is -0.521. The molecule has 2 aromatic carbocycles. The number of amides is 1. The van der Waals surface area contributed by atoms with Crippen LogP contribution in [0.2, 0.25) is 0 Å². The number of carbonyl (C=O) groups is 1. The van der Waals surface area contributed by atoms with Gasteiger partial charge >= 0.3 is 0 Å². The largest absolute Gasteiger partial charge is 0.370 e. The van der Waals surface area contributed by atoms with E-state index in [1.165, 1.54) is 11.1 Å². The third-order valence-corrected chi connectivity index (χ3v) is 3.84. The Morgan fingerprint density at radius 2 is 1.52 bits per heavy atom. The summed E-state index contributed by atoms with van der Waals surface area (Å²) in [5.41, 5.74) is 12.1. The molecule has 0 aliphatic rings. The standard InChI is InChI=1S/C18H22N2O/c1-11-5-7-15(8-6-11)20-17(18(19)21)16-10-13(3)12(2)9-14(16)4/h5-10,17,20H,1-4H3,(H2,19,21). The summed E-state index contributed by atoms with van der Waals surface area (Å²) in [6, 6.07) is 11.6. The molecule has 2 rings (SSSR count). The number of hydrogen-bond acceptors (Lipinski definition) is 2. The van der Waals surface area contributed by atoms with Crippen molar-refractivity contribution >= 4 is 11.6 Å². The second-order valence-corrected chi connectivity index (χ2v) is 5.64.